The highest BCUT2D eigenvalue weighted by Crippen LogP contribution is 2.46. The van der Waals surface area contributed by atoms with E-state index < -0.39 is 6.04 Å². The molecule has 6 heteroatoms. The number of aromatic nitrogens is 2. The van der Waals surface area contributed by atoms with E-state index in [0.29, 0.717) is 5.89 Å². The number of rotatable bonds is 4. The van der Waals surface area contributed by atoms with E-state index in [1.807, 2.05) is 13.8 Å². The zero-order valence-corrected chi connectivity index (χ0v) is 11.1. The summed E-state index contributed by atoms with van der Waals surface area (Å²) in [5, 5.41) is 7.70. The molecule has 96 valence electrons. The number of hydrogen-bond donors (Lipinski definition) is 1. The quantitative estimate of drug-likeness (QED) is 0.833. The molecule has 0 aliphatic heterocycles. The molecule has 1 fully saturated rings. The van der Waals surface area contributed by atoms with Crippen molar-refractivity contribution in [2.45, 2.75) is 45.1 Å². The van der Waals surface area contributed by atoms with Crippen LogP contribution in [0, 0.1) is 5.92 Å². The van der Waals surface area contributed by atoms with Crippen molar-refractivity contribution in [2.75, 3.05) is 0 Å². The number of hydrogen-bond acceptors (Lipinski definition) is 5. The molecule has 0 radical (unpaired) electrons. The van der Waals surface area contributed by atoms with Crippen molar-refractivity contribution in [3.8, 4) is 0 Å². The summed E-state index contributed by atoms with van der Waals surface area (Å²) in [7, 11) is 0. The normalized spacial score (nSPS) is 18.6. The molecule has 2 rings (SSSR count). The number of carbonyl (C=O) groups excluding carboxylic acids is 1. The van der Waals surface area contributed by atoms with Crippen molar-refractivity contribution >= 4 is 18.2 Å². The minimum absolute atomic E-state index is 0. The van der Waals surface area contributed by atoms with Crippen molar-refractivity contribution in [3.63, 3.8) is 0 Å². The average molecular weight is 260 g/mol. The molecule has 1 saturated carbocycles. The molecule has 5 nitrogen and oxygen atoms in total. The van der Waals surface area contributed by atoms with Gasteiger partial charge in [-0.3, -0.25) is 4.79 Å². The maximum absolute atomic E-state index is 11.8. The lowest BCUT2D eigenvalue weighted by molar-refractivity contribution is 0.0903. The average Bonchev–Trinajstić information content (AvgIpc) is 2.83. The molecule has 1 unspecified atom stereocenters. The minimum Gasteiger partial charge on any atom is -0.418 e. The Morgan fingerprint density at radius 1 is 1.41 bits per heavy atom. The van der Waals surface area contributed by atoms with Crippen LogP contribution in [0.25, 0.3) is 0 Å². The first-order valence-corrected chi connectivity index (χ1v) is 5.58. The molecule has 2 N–H and O–H groups in total. The largest absolute Gasteiger partial charge is 0.418 e. The van der Waals surface area contributed by atoms with Gasteiger partial charge in [0.1, 0.15) is 0 Å². The van der Waals surface area contributed by atoms with Crippen LogP contribution in [-0.2, 0) is 5.41 Å². The molecule has 0 bridgehead atoms. The number of Topliss-reactive ketones (excluding diaryl/α,β-unsaturated/α-hetero) is 1. The highest BCUT2D eigenvalue weighted by Gasteiger charge is 2.44. The van der Waals surface area contributed by atoms with E-state index in [-0.39, 0.29) is 35.4 Å². The lowest BCUT2D eigenvalue weighted by Crippen LogP contribution is -2.35. The van der Waals surface area contributed by atoms with Gasteiger partial charge in [0.15, 0.2) is 0 Å². The predicted octanol–water partition coefficient (Wildman–Crippen LogP) is 1.71. The Morgan fingerprint density at radius 2 is 2.00 bits per heavy atom. The van der Waals surface area contributed by atoms with Crippen molar-refractivity contribution in [1.29, 1.82) is 0 Å². The summed E-state index contributed by atoms with van der Waals surface area (Å²) >= 11 is 0. The molecular weight excluding hydrogens is 242 g/mol. The summed E-state index contributed by atoms with van der Waals surface area (Å²) in [5.41, 5.74) is 5.74. The van der Waals surface area contributed by atoms with Crippen LogP contribution in [0.1, 0.15) is 50.2 Å². The van der Waals surface area contributed by atoms with E-state index in [4.69, 9.17) is 10.2 Å². The maximum Gasteiger partial charge on any atom is 0.285 e. The van der Waals surface area contributed by atoms with Gasteiger partial charge in [-0.05, 0) is 18.8 Å². The van der Waals surface area contributed by atoms with Crippen molar-refractivity contribution < 1.29 is 9.21 Å². The fraction of sp³-hybridized carbons (Fsp3) is 0.727. The smallest absolute Gasteiger partial charge is 0.285 e. The molecule has 1 atom stereocenters. The highest BCUT2D eigenvalue weighted by atomic mass is 35.5. The molecule has 1 aromatic heterocycles. The van der Waals surface area contributed by atoms with Gasteiger partial charge in [0.2, 0.25) is 11.7 Å². The number of ketones is 1. The molecular formula is C11H18ClN3O2. The molecule has 1 aromatic rings. The van der Waals surface area contributed by atoms with Gasteiger partial charge in [-0.25, -0.2) is 0 Å². The van der Waals surface area contributed by atoms with Crippen molar-refractivity contribution in [2.24, 2.45) is 11.7 Å². The Labute approximate surface area is 107 Å². The predicted molar refractivity (Wildman–Crippen MR) is 65.3 cm³/mol. The fourth-order valence-corrected chi connectivity index (χ4v) is 1.41. The first-order valence-electron chi connectivity index (χ1n) is 5.58. The van der Waals surface area contributed by atoms with Crippen LogP contribution in [0.4, 0.5) is 0 Å². The molecule has 1 aliphatic rings. The van der Waals surface area contributed by atoms with E-state index in [2.05, 4.69) is 17.1 Å². The fourth-order valence-electron chi connectivity index (χ4n) is 1.41. The van der Waals surface area contributed by atoms with Crippen molar-refractivity contribution in [1.82, 2.24) is 10.2 Å². The molecule has 0 aromatic carbocycles. The second kappa shape index (κ2) is 4.74. The van der Waals surface area contributed by atoms with Gasteiger partial charge in [0.05, 0.1) is 6.04 Å². The molecule has 0 saturated heterocycles. The Kier molecular flexibility index (Phi) is 3.94. The van der Waals surface area contributed by atoms with Gasteiger partial charge in [-0.2, -0.15) is 0 Å². The van der Waals surface area contributed by atoms with Gasteiger partial charge >= 0.3 is 0 Å². The third-order valence-electron chi connectivity index (χ3n) is 3.17. The number of nitrogens with zero attached hydrogens (tertiary/aromatic N) is 2. The first kappa shape index (κ1) is 14.1. The Balaban J connectivity index is 0.00000144. The zero-order valence-electron chi connectivity index (χ0n) is 10.3. The highest BCUT2D eigenvalue weighted by molar-refractivity contribution is 5.96. The summed E-state index contributed by atoms with van der Waals surface area (Å²) in [6, 6.07) is -0.569. The van der Waals surface area contributed by atoms with Crippen LogP contribution in [0.5, 0.6) is 0 Å². The van der Waals surface area contributed by atoms with E-state index in [1.165, 1.54) is 0 Å². The molecule has 17 heavy (non-hydrogen) atoms. The number of carbonyl (C=O) groups is 1. The van der Waals surface area contributed by atoms with E-state index in [0.717, 1.165) is 12.8 Å². The number of nitrogens with two attached hydrogens (primary N) is 1. The number of halogens is 1. The SMILES string of the molecule is CC(C)C(N)C(=O)c1nnc(C2(C)CC2)o1.Cl. The summed E-state index contributed by atoms with van der Waals surface area (Å²) < 4.78 is 5.39. The summed E-state index contributed by atoms with van der Waals surface area (Å²) in [6.45, 7) is 5.83. The van der Waals surface area contributed by atoms with Gasteiger partial charge in [0, 0.05) is 5.41 Å². The lowest BCUT2D eigenvalue weighted by atomic mass is 10.0. The van der Waals surface area contributed by atoms with E-state index in [1.54, 1.807) is 0 Å². The van der Waals surface area contributed by atoms with Crippen LogP contribution >= 0.6 is 12.4 Å². The van der Waals surface area contributed by atoms with Crippen LogP contribution < -0.4 is 5.73 Å². The summed E-state index contributed by atoms with van der Waals surface area (Å²) in [6.07, 6.45) is 2.08. The monoisotopic (exact) mass is 259 g/mol. The van der Waals surface area contributed by atoms with Crippen LogP contribution in [0.3, 0.4) is 0 Å². The summed E-state index contributed by atoms with van der Waals surface area (Å²) in [4.78, 5) is 11.8. The van der Waals surface area contributed by atoms with E-state index >= 15 is 0 Å². The van der Waals surface area contributed by atoms with Gasteiger partial charge in [-0.1, -0.05) is 20.8 Å². The summed E-state index contributed by atoms with van der Waals surface area (Å²) in [5.74, 6) is 0.411. The first-order chi connectivity index (χ1) is 7.44. The second-order valence-electron chi connectivity index (χ2n) is 5.11. The standard InChI is InChI=1S/C11H17N3O2.ClH/c1-6(2)7(12)8(15)9-13-14-10(16-9)11(3)4-5-11;/h6-7H,4-5,12H2,1-3H3;1H. The third kappa shape index (κ3) is 2.66. The lowest BCUT2D eigenvalue weighted by Gasteiger charge is -2.10. The minimum atomic E-state index is -0.569. The molecule has 1 aliphatic carbocycles. The third-order valence-corrected chi connectivity index (χ3v) is 3.17. The van der Waals surface area contributed by atoms with Gasteiger partial charge in [0.25, 0.3) is 5.89 Å². The molecule has 1 heterocycles. The van der Waals surface area contributed by atoms with Crippen LogP contribution in [0.2, 0.25) is 0 Å². The molecule has 0 spiro atoms. The maximum atomic E-state index is 11.8. The van der Waals surface area contributed by atoms with Crippen LogP contribution in [0.15, 0.2) is 4.42 Å². The van der Waals surface area contributed by atoms with Gasteiger partial charge < -0.3 is 10.2 Å². The zero-order chi connectivity index (χ0) is 11.9. The molecule has 0 amide bonds. The van der Waals surface area contributed by atoms with Gasteiger partial charge in [-0.15, -0.1) is 22.6 Å². The Morgan fingerprint density at radius 3 is 2.47 bits per heavy atom. The van der Waals surface area contributed by atoms with Crippen LogP contribution in [-0.4, -0.2) is 22.0 Å². The van der Waals surface area contributed by atoms with E-state index in [9.17, 15) is 4.79 Å². The Bertz CT molecular complexity index is 413. The van der Waals surface area contributed by atoms with Crippen molar-refractivity contribution in [3.05, 3.63) is 11.8 Å². The second-order valence-corrected chi connectivity index (χ2v) is 5.11. The Hall–Kier alpha value is -0.940. The topological polar surface area (TPSA) is 82.0 Å².